The van der Waals surface area contributed by atoms with Crippen LogP contribution in [0.1, 0.15) is 34.7 Å². The molecule has 0 bridgehead atoms. The zero-order valence-corrected chi connectivity index (χ0v) is 16.4. The molecule has 0 unspecified atom stereocenters. The number of H-pyrrole nitrogens is 1. The molecule has 1 aromatic heterocycles. The van der Waals surface area contributed by atoms with Crippen LogP contribution < -0.4 is 10.9 Å². The van der Waals surface area contributed by atoms with Gasteiger partial charge >= 0.3 is 6.03 Å². The normalized spacial score (nSPS) is 24.1. The van der Waals surface area contributed by atoms with E-state index in [1.165, 1.54) is 5.56 Å². The Hall–Kier alpha value is -2.60. The number of benzene rings is 1. The Labute approximate surface area is 164 Å². The first kappa shape index (κ1) is 18.7. The summed E-state index contributed by atoms with van der Waals surface area (Å²) in [6.45, 7) is 6.04. The number of aromatic nitrogens is 1. The number of nitrogens with one attached hydrogen (secondary N) is 2. The third kappa shape index (κ3) is 3.56. The van der Waals surface area contributed by atoms with E-state index in [1.54, 1.807) is 0 Å². The number of hydrogen-bond donors (Lipinski definition) is 2. The van der Waals surface area contributed by atoms with E-state index in [2.05, 4.69) is 22.4 Å². The van der Waals surface area contributed by atoms with Gasteiger partial charge in [-0.3, -0.25) is 4.79 Å². The number of nitrogens with zero attached hydrogens (tertiary/aromatic N) is 1. The first-order chi connectivity index (χ1) is 13.5. The van der Waals surface area contributed by atoms with Crippen LogP contribution in [-0.4, -0.2) is 41.7 Å². The van der Waals surface area contributed by atoms with Crippen LogP contribution in [0.25, 0.3) is 0 Å². The summed E-state index contributed by atoms with van der Waals surface area (Å²) in [6.07, 6.45) is 0.853. The van der Waals surface area contributed by atoms with Crippen LogP contribution in [0.3, 0.4) is 0 Å². The molecule has 2 aliphatic heterocycles. The Morgan fingerprint density at radius 1 is 1.29 bits per heavy atom. The van der Waals surface area contributed by atoms with Crippen molar-refractivity contribution in [1.29, 1.82) is 0 Å². The maximum Gasteiger partial charge on any atom is 0.317 e. The smallest absolute Gasteiger partial charge is 0.317 e. The Morgan fingerprint density at radius 3 is 2.82 bits per heavy atom. The van der Waals surface area contributed by atoms with Gasteiger partial charge in [0.2, 0.25) is 0 Å². The van der Waals surface area contributed by atoms with Gasteiger partial charge in [-0.05, 0) is 37.5 Å². The second kappa shape index (κ2) is 7.80. The Bertz CT molecular complexity index is 909. The first-order valence-electron chi connectivity index (χ1n) is 9.91. The summed E-state index contributed by atoms with van der Waals surface area (Å²) in [7, 11) is 0. The second-order valence-corrected chi connectivity index (χ2v) is 7.87. The molecule has 2 aromatic rings. The number of rotatable bonds is 3. The standard InChI is InChI=1S/C22H27N3O3/c1-14-10-15(2)24-21(26)17(14)11-23-22(27)25-12-18(16-6-4-3-5-7-16)19-13-28-9-8-20(19)25/h3-7,10,18-20H,8-9,11-13H2,1-2H3,(H,23,27)(H,24,26)/t18-,19+,20+/m1/s1. The van der Waals surface area contributed by atoms with Crippen LogP contribution in [-0.2, 0) is 11.3 Å². The van der Waals surface area contributed by atoms with Crippen molar-refractivity contribution >= 4 is 6.03 Å². The highest BCUT2D eigenvalue weighted by Crippen LogP contribution is 2.40. The van der Waals surface area contributed by atoms with Gasteiger partial charge in [0.25, 0.3) is 5.56 Å². The highest BCUT2D eigenvalue weighted by atomic mass is 16.5. The summed E-state index contributed by atoms with van der Waals surface area (Å²) in [5, 5.41) is 2.97. The Balaban J connectivity index is 1.50. The lowest BCUT2D eigenvalue weighted by Gasteiger charge is -2.32. The van der Waals surface area contributed by atoms with Crippen molar-refractivity contribution < 1.29 is 9.53 Å². The van der Waals surface area contributed by atoms with Gasteiger partial charge < -0.3 is 19.9 Å². The van der Waals surface area contributed by atoms with Gasteiger partial charge in [0, 0.05) is 42.3 Å². The number of pyridine rings is 1. The molecular formula is C22H27N3O3. The van der Waals surface area contributed by atoms with Crippen LogP contribution in [0, 0.1) is 19.8 Å². The maximum absolute atomic E-state index is 13.0. The highest BCUT2D eigenvalue weighted by molar-refractivity contribution is 5.75. The van der Waals surface area contributed by atoms with Crippen LogP contribution in [0.15, 0.2) is 41.2 Å². The number of amides is 2. The van der Waals surface area contributed by atoms with Crippen molar-refractivity contribution in [3.63, 3.8) is 0 Å². The number of aromatic amines is 1. The fourth-order valence-corrected chi connectivity index (χ4v) is 4.66. The molecule has 2 N–H and O–H groups in total. The van der Waals surface area contributed by atoms with Gasteiger partial charge in [0.05, 0.1) is 13.2 Å². The van der Waals surface area contributed by atoms with E-state index in [9.17, 15) is 9.59 Å². The van der Waals surface area contributed by atoms with Crippen LogP contribution in [0.5, 0.6) is 0 Å². The van der Waals surface area contributed by atoms with Crippen LogP contribution >= 0.6 is 0 Å². The van der Waals surface area contributed by atoms with Gasteiger partial charge in [-0.15, -0.1) is 0 Å². The van der Waals surface area contributed by atoms with Crippen molar-refractivity contribution in [2.45, 2.75) is 38.8 Å². The average Bonchev–Trinajstić information content (AvgIpc) is 3.07. The summed E-state index contributed by atoms with van der Waals surface area (Å²) >= 11 is 0. The fraction of sp³-hybridized carbons (Fsp3) is 0.455. The Morgan fingerprint density at radius 2 is 2.07 bits per heavy atom. The molecule has 2 fully saturated rings. The van der Waals surface area contributed by atoms with Crippen molar-refractivity contribution in [3.8, 4) is 0 Å². The molecule has 0 aliphatic carbocycles. The zero-order chi connectivity index (χ0) is 19.7. The lowest BCUT2D eigenvalue weighted by atomic mass is 9.84. The van der Waals surface area contributed by atoms with Crippen LogP contribution in [0.2, 0.25) is 0 Å². The third-order valence-electron chi connectivity index (χ3n) is 6.07. The molecular weight excluding hydrogens is 354 g/mol. The largest absolute Gasteiger partial charge is 0.381 e. The van der Waals surface area contributed by atoms with Gasteiger partial charge in [-0.25, -0.2) is 4.79 Å². The third-order valence-corrected chi connectivity index (χ3v) is 6.07. The molecule has 6 nitrogen and oxygen atoms in total. The van der Waals surface area contributed by atoms with E-state index in [1.807, 2.05) is 43.0 Å². The van der Waals surface area contributed by atoms with Gasteiger partial charge in [-0.2, -0.15) is 0 Å². The van der Waals surface area contributed by atoms with Crippen molar-refractivity contribution in [3.05, 3.63) is 69.1 Å². The minimum Gasteiger partial charge on any atom is -0.381 e. The lowest BCUT2D eigenvalue weighted by molar-refractivity contribution is 0.0261. The first-order valence-corrected chi connectivity index (χ1v) is 9.91. The minimum atomic E-state index is -0.134. The van der Waals surface area contributed by atoms with E-state index in [0.717, 1.165) is 17.7 Å². The number of aryl methyl sites for hydroxylation is 2. The molecule has 3 heterocycles. The molecule has 2 amide bonds. The van der Waals surface area contributed by atoms with E-state index < -0.39 is 0 Å². The average molecular weight is 381 g/mol. The second-order valence-electron chi connectivity index (χ2n) is 7.87. The van der Waals surface area contributed by atoms with Gasteiger partial charge in [-0.1, -0.05) is 30.3 Å². The van der Waals surface area contributed by atoms with E-state index in [-0.39, 0.29) is 30.1 Å². The van der Waals surface area contributed by atoms with E-state index in [4.69, 9.17) is 4.74 Å². The molecule has 6 heteroatoms. The van der Waals surface area contributed by atoms with Crippen LogP contribution in [0.4, 0.5) is 4.79 Å². The molecule has 2 aliphatic rings. The van der Waals surface area contributed by atoms with Crippen molar-refractivity contribution in [1.82, 2.24) is 15.2 Å². The van der Waals surface area contributed by atoms with E-state index >= 15 is 0 Å². The predicted molar refractivity (Wildman–Crippen MR) is 107 cm³/mol. The van der Waals surface area contributed by atoms with Gasteiger partial charge in [0.15, 0.2) is 0 Å². The number of urea groups is 1. The number of carbonyl (C=O) groups excluding carboxylic acids is 1. The number of likely N-dealkylation sites (tertiary alicyclic amines) is 1. The minimum absolute atomic E-state index is 0.102. The van der Waals surface area contributed by atoms with Crippen molar-refractivity contribution in [2.24, 2.45) is 5.92 Å². The summed E-state index contributed by atoms with van der Waals surface area (Å²) in [6, 6.07) is 12.4. The maximum atomic E-state index is 13.0. The number of fused-ring (bicyclic) bond motifs is 1. The number of ether oxygens (including phenoxy) is 1. The van der Waals surface area contributed by atoms with Crippen molar-refractivity contribution in [2.75, 3.05) is 19.8 Å². The highest BCUT2D eigenvalue weighted by Gasteiger charge is 2.45. The molecule has 0 radical (unpaired) electrons. The topological polar surface area (TPSA) is 74.4 Å². The molecule has 28 heavy (non-hydrogen) atoms. The zero-order valence-electron chi connectivity index (χ0n) is 16.4. The quantitative estimate of drug-likeness (QED) is 0.858. The fourth-order valence-electron chi connectivity index (χ4n) is 4.66. The number of carbonyl (C=O) groups is 1. The monoisotopic (exact) mass is 381 g/mol. The molecule has 0 spiro atoms. The summed E-state index contributed by atoms with van der Waals surface area (Å²) in [4.78, 5) is 30.0. The molecule has 1 aromatic carbocycles. The lowest BCUT2D eigenvalue weighted by Crippen LogP contribution is -2.46. The predicted octanol–water partition coefficient (Wildman–Crippen LogP) is 2.71. The SMILES string of the molecule is Cc1cc(C)c(CNC(=O)N2C[C@H](c3ccccc3)[C@@H]3COCC[C@@H]32)c(=O)[nH]1. The summed E-state index contributed by atoms with van der Waals surface area (Å²) in [5.41, 5.74) is 3.46. The molecule has 3 atom stereocenters. The molecule has 4 rings (SSSR count). The molecule has 148 valence electrons. The summed E-state index contributed by atoms with van der Waals surface area (Å²) < 4.78 is 5.73. The number of hydrogen-bond acceptors (Lipinski definition) is 3. The Kier molecular flexibility index (Phi) is 5.22. The molecule has 0 saturated carbocycles. The summed E-state index contributed by atoms with van der Waals surface area (Å²) in [5.74, 6) is 0.591. The van der Waals surface area contributed by atoms with E-state index in [0.29, 0.717) is 31.2 Å². The molecule has 2 saturated heterocycles. The van der Waals surface area contributed by atoms with Gasteiger partial charge in [0.1, 0.15) is 0 Å².